The highest BCUT2D eigenvalue weighted by Crippen LogP contribution is 2.26. The van der Waals surface area contributed by atoms with Gasteiger partial charge in [0, 0.05) is 5.54 Å². The van der Waals surface area contributed by atoms with Crippen molar-refractivity contribution < 1.29 is 0 Å². The summed E-state index contributed by atoms with van der Waals surface area (Å²) in [6.45, 7) is 16.8. The van der Waals surface area contributed by atoms with E-state index in [1.807, 2.05) is 12.2 Å². The second-order valence-corrected chi connectivity index (χ2v) is 10.2. The quantitative estimate of drug-likeness (QED) is 0.294. The van der Waals surface area contributed by atoms with Crippen LogP contribution >= 0.6 is 0 Å². The molecule has 0 aliphatic heterocycles. The molecule has 1 heteroatoms. The standard InChI is InChI=1S/C33H41N/c1-7-17-33(34,24(3)4)18-16-27-12-14-31(26(6)20-27)23-32-15-13-29(22-30(32)8-2)21-28-11-9-10-25(5)19-28/h7-15,19-20,22,24H,1-2,16-18,21,23,34H2,3-6H3. The summed E-state index contributed by atoms with van der Waals surface area (Å²) in [5, 5.41) is 0. The Bertz CT molecular complexity index is 1140. The molecule has 3 aromatic rings. The summed E-state index contributed by atoms with van der Waals surface area (Å²) in [4.78, 5) is 0. The highest BCUT2D eigenvalue weighted by atomic mass is 14.7. The summed E-state index contributed by atoms with van der Waals surface area (Å²) in [6.07, 6.45) is 8.63. The average Bonchev–Trinajstić information content (AvgIpc) is 2.80. The first-order chi connectivity index (χ1) is 16.2. The highest BCUT2D eigenvalue weighted by Gasteiger charge is 2.27. The summed E-state index contributed by atoms with van der Waals surface area (Å²) >= 11 is 0. The van der Waals surface area contributed by atoms with Crippen LogP contribution < -0.4 is 5.73 Å². The molecular formula is C33H41N. The number of hydrogen-bond acceptors (Lipinski definition) is 1. The van der Waals surface area contributed by atoms with E-state index in [4.69, 9.17) is 5.73 Å². The van der Waals surface area contributed by atoms with Crippen LogP contribution in [0, 0.1) is 19.8 Å². The molecule has 0 spiro atoms. The fraction of sp³-hybridized carbons (Fsp3) is 0.333. The van der Waals surface area contributed by atoms with Crippen LogP contribution in [0.15, 0.2) is 79.9 Å². The van der Waals surface area contributed by atoms with Gasteiger partial charge in [-0.2, -0.15) is 0 Å². The molecule has 1 unspecified atom stereocenters. The monoisotopic (exact) mass is 451 g/mol. The third-order valence-electron chi connectivity index (χ3n) is 7.26. The normalized spacial score (nSPS) is 13.0. The molecule has 0 saturated carbocycles. The van der Waals surface area contributed by atoms with E-state index in [2.05, 4.69) is 102 Å². The van der Waals surface area contributed by atoms with Gasteiger partial charge in [0.05, 0.1) is 0 Å². The Balaban J connectivity index is 1.72. The maximum atomic E-state index is 6.69. The predicted molar refractivity (Wildman–Crippen MR) is 149 cm³/mol. The maximum Gasteiger partial charge on any atom is 0.0215 e. The van der Waals surface area contributed by atoms with Gasteiger partial charge in [-0.25, -0.2) is 0 Å². The van der Waals surface area contributed by atoms with E-state index in [-0.39, 0.29) is 5.54 Å². The first kappa shape index (κ1) is 25.7. The highest BCUT2D eigenvalue weighted by molar-refractivity contribution is 5.55. The summed E-state index contributed by atoms with van der Waals surface area (Å²) in [6, 6.07) is 22.5. The minimum atomic E-state index is -0.187. The molecule has 1 atom stereocenters. The summed E-state index contributed by atoms with van der Waals surface area (Å²) in [5.74, 6) is 0.428. The average molecular weight is 452 g/mol. The first-order valence-corrected chi connectivity index (χ1v) is 12.5. The lowest BCUT2D eigenvalue weighted by atomic mass is 9.79. The zero-order chi connectivity index (χ0) is 24.7. The van der Waals surface area contributed by atoms with Crippen LogP contribution in [0.3, 0.4) is 0 Å². The summed E-state index contributed by atoms with van der Waals surface area (Å²) in [5.41, 5.74) is 17.1. The third kappa shape index (κ3) is 6.58. The molecule has 0 radical (unpaired) electrons. The molecule has 0 aliphatic carbocycles. The molecule has 0 aliphatic rings. The van der Waals surface area contributed by atoms with Gasteiger partial charge in [-0.05, 0) is 90.8 Å². The Hall–Kier alpha value is -2.90. The molecule has 3 aromatic carbocycles. The Labute approximate surface area is 207 Å². The second-order valence-electron chi connectivity index (χ2n) is 10.2. The molecule has 0 amide bonds. The molecule has 2 N–H and O–H groups in total. The Morgan fingerprint density at radius 1 is 0.853 bits per heavy atom. The van der Waals surface area contributed by atoms with Gasteiger partial charge in [-0.3, -0.25) is 0 Å². The van der Waals surface area contributed by atoms with E-state index < -0.39 is 0 Å². The Morgan fingerprint density at radius 2 is 1.56 bits per heavy atom. The SMILES string of the molecule is C=CCC(N)(CCc1ccc(Cc2ccc(Cc3cccc(C)c3)cc2C=C)c(C)c1)C(C)C. The van der Waals surface area contributed by atoms with Gasteiger partial charge in [0.15, 0.2) is 0 Å². The molecule has 3 rings (SSSR count). The van der Waals surface area contributed by atoms with Crippen molar-refractivity contribution >= 4 is 6.08 Å². The van der Waals surface area contributed by atoms with Crippen molar-refractivity contribution in [1.82, 2.24) is 0 Å². The van der Waals surface area contributed by atoms with Gasteiger partial charge < -0.3 is 5.73 Å². The number of rotatable bonds is 11. The van der Waals surface area contributed by atoms with Crippen molar-refractivity contribution in [2.24, 2.45) is 11.7 Å². The van der Waals surface area contributed by atoms with E-state index in [0.29, 0.717) is 5.92 Å². The fourth-order valence-corrected chi connectivity index (χ4v) is 4.75. The van der Waals surface area contributed by atoms with Crippen LogP contribution in [0.5, 0.6) is 0 Å². The number of nitrogens with two attached hydrogens (primary N) is 1. The van der Waals surface area contributed by atoms with Gasteiger partial charge in [-0.1, -0.05) is 98.8 Å². The molecule has 178 valence electrons. The molecule has 34 heavy (non-hydrogen) atoms. The molecule has 0 aromatic heterocycles. The van der Waals surface area contributed by atoms with Gasteiger partial charge in [0.25, 0.3) is 0 Å². The summed E-state index contributed by atoms with van der Waals surface area (Å²) in [7, 11) is 0. The van der Waals surface area contributed by atoms with E-state index in [1.54, 1.807) is 0 Å². The van der Waals surface area contributed by atoms with Gasteiger partial charge >= 0.3 is 0 Å². The number of aryl methyl sites for hydroxylation is 3. The van der Waals surface area contributed by atoms with Crippen molar-refractivity contribution in [3.63, 3.8) is 0 Å². The van der Waals surface area contributed by atoms with E-state index >= 15 is 0 Å². The maximum absolute atomic E-state index is 6.69. The number of benzene rings is 3. The van der Waals surface area contributed by atoms with Crippen LogP contribution in [0.4, 0.5) is 0 Å². The van der Waals surface area contributed by atoms with Crippen molar-refractivity contribution in [2.45, 2.75) is 65.3 Å². The molecule has 0 heterocycles. The molecular weight excluding hydrogens is 410 g/mol. The van der Waals surface area contributed by atoms with Crippen LogP contribution in [-0.4, -0.2) is 5.54 Å². The van der Waals surface area contributed by atoms with Crippen molar-refractivity contribution in [2.75, 3.05) is 0 Å². The van der Waals surface area contributed by atoms with Crippen LogP contribution in [0.2, 0.25) is 0 Å². The predicted octanol–water partition coefficient (Wildman–Crippen LogP) is 7.99. The molecule has 0 fully saturated rings. The van der Waals surface area contributed by atoms with Crippen molar-refractivity contribution in [3.8, 4) is 0 Å². The van der Waals surface area contributed by atoms with Crippen molar-refractivity contribution in [1.29, 1.82) is 0 Å². The van der Waals surface area contributed by atoms with Crippen molar-refractivity contribution in [3.05, 3.63) is 124 Å². The van der Waals surface area contributed by atoms with E-state index in [9.17, 15) is 0 Å². The molecule has 0 saturated heterocycles. The Kier molecular flexibility index (Phi) is 8.69. The fourth-order valence-electron chi connectivity index (χ4n) is 4.75. The van der Waals surface area contributed by atoms with Gasteiger partial charge in [0.2, 0.25) is 0 Å². The van der Waals surface area contributed by atoms with Gasteiger partial charge in [-0.15, -0.1) is 6.58 Å². The van der Waals surface area contributed by atoms with Crippen LogP contribution in [-0.2, 0) is 19.3 Å². The van der Waals surface area contributed by atoms with E-state index in [0.717, 1.165) is 32.1 Å². The lowest BCUT2D eigenvalue weighted by Crippen LogP contribution is -2.45. The van der Waals surface area contributed by atoms with E-state index in [1.165, 1.54) is 44.5 Å². The van der Waals surface area contributed by atoms with Crippen LogP contribution in [0.25, 0.3) is 6.08 Å². The number of hydrogen-bond donors (Lipinski definition) is 1. The topological polar surface area (TPSA) is 26.0 Å². The molecule has 1 nitrogen and oxygen atoms in total. The second kappa shape index (κ2) is 11.5. The van der Waals surface area contributed by atoms with Gasteiger partial charge in [0.1, 0.15) is 0 Å². The smallest absolute Gasteiger partial charge is 0.0215 e. The minimum absolute atomic E-state index is 0.187. The Morgan fingerprint density at radius 3 is 2.21 bits per heavy atom. The summed E-state index contributed by atoms with van der Waals surface area (Å²) < 4.78 is 0. The zero-order valence-electron chi connectivity index (χ0n) is 21.5. The van der Waals surface area contributed by atoms with Crippen LogP contribution in [0.1, 0.15) is 71.2 Å². The lowest BCUT2D eigenvalue weighted by Gasteiger charge is -2.33. The minimum Gasteiger partial charge on any atom is -0.325 e. The largest absolute Gasteiger partial charge is 0.325 e. The first-order valence-electron chi connectivity index (χ1n) is 12.5. The third-order valence-corrected chi connectivity index (χ3v) is 7.26. The lowest BCUT2D eigenvalue weighted by molar-refractivity contribution is 0.290. The zero-order valence-corrected chi connectivity index (χ0v) is 21.5. The molecule has 0 bridgehead atoms.